The van der Waals surface area contributed by atoms with E-state index in [4.69, 9.17) is 5.73 Å². The van der Waals surface area contributed by atoms with Gasteiger partial charge in [-0.15, -0.1) is 0 Å². The molecule has 1 rings (SSSR count). The summed E-state index contributed by atoms with van der Waals surface area (Å²) in [6.07, 6.45) is 2.01. The summed E-state index contributed by atoms with van der Waals surface area (Å²) >= 11 is 0. The summed E-state index contributed by atoms with van der Waals surface area (Å²) in [5, 5.41) is 6.40. The summed E-state index contributed by atoms with van der Waals surface area (Å²) in [6.45, 7) is 6.70. The van der Waals surface area contributed by atoms with E-state index in [-0.39, 0.29) is 17.9 Å². The van der Waals surface area contributed by atoms with Crippen LogP contribution in [-0.2, 0) is 4.79 Å². The molecule has 0 aliphatic rings. The summed E-state index contributed by atoms with van der Waals surface area (Å²) in [6, 6.07) is 3.77. The molecule has 0 atom stereocenters. The number of anilines is 2. The van der Waals surface area contributed by atoms with Gasteiger partial charge in [-0.25, -0.2) is 4.98 Å². The Morgan fingerprint density at radius 3 is 2.82 bits per heavy atom. The number of aromatic nitrogens is 1. The second-order valence-corrected chi connectivity index (χ2v) is 4.61. The van der Waals surface area contributed by atoms with E-state index in [2.05, 4.69) is 15.6 Å². The minimum Gasteiger partial charge on any atom is -0.379 e. The first-order valence-corrected chi connectivity index (χ1v) is 5.69. The van der Waals surface area contributed by atoms with Crippen molar-refractivity contribution in [3.05, 3.63) is 18.3 Å². The molecule has 4 N–H and O–H groups in total. The van der Waals surface area contributed by atoms with Gasteiger partial charge in [-0.3, -0.25) is 4.79 Å². The highest BCUT2D eigenvalue weighted by Crippen LogP contribution is 2.19. The summed E-state index contributed by atoms with van der Waals surface area (Å²) in [7, 11) is 0. The number of hydrogen-bond donors (Lipinski definition) is 3. The minimum absolute atomic E-state index is 0.284. The maximum absolute atomic E-state index is 10.9. The van der Waals surface area contributed by atoms with Crippen LogP contribution in [0.3, 0.4) is 0 Å². The van der Waals surface area contributed by atoms with Gasteiger partial charge in [0.15, 0.2) is 0 Å². The van der Waals surface area contributed by atoms with E-state index >= 15 is 0 Å². The first-order valence-electron chi connectivity index (χ1n) is 5.69. The van der Waals surface area contributed by atoms with Gasteiger partial charge in [0.2, 0.25) is 5.91 Å². The largest absolute Gasteiger partial charge is 0.379 e. The highest BCUT2D eigenvalue weighted by atomic mass is 16.1. The van der Waals surface area contributed by atoms with Crippen molar-refractivity contribution >= 4 is 17.4 Å². The Morgan fingerprint density at radius 2 is 2.24 bits per heavy atom. The quantitative estimate of drug-likeness (QED) is 0.700. The number of rotatable bonds is 6. The number of hydrogen-bond acceptors (Lipinski definition) is 4. The third-order valence-corrected chi connectivity index (χ3v) is 2.22. The Morgan fingerprint density at radius 1 is 1.53 bits per heavy atom. The molecule has 0 saturated heterocycles. The van der Waals surface area contributed by atoms with E-state index in [0.717, 1.165) is 18.1 Å². The summed E-state index contributed by atoms with van der Waals surface area (Å²) in [5.74, 6) is 0.496. The molecular weight excluding hydrogens is 216 g/mol. The number of primary amides is 1. The number of nitrogens with two attached hydrogens (primary N) is 1. The summed E-state index contributed by atoms with van der Waals surface area (Å²) in [4.78, 5) is 15.1. The second kappa shape index (κ2) is 5.52. The van der Waals surface area contributed by atoms with Gasteiger partial charge in [0.25, 0.3) is 0 Å². The van der Waals surface area contributed by atoms with Crippen LogP contribution >= 0.6 is 0 Å². The van der Waals surface area contributed by atoms with E-state index in [0.29, 0.717) is 0 Å². The van der Waals surface area contributed by atoms with Gasteiger partial charge < -0.3 is 16.4 Å². The average Bonchev–Trinajstić information content (AvgIpc) is 2.15. The van der Waals surface area contributed by atoms with Crippen molar-refractivity contribution < 1.29 is 4.79 Å². The molecule has 1 aromatic rings. The second-order valence-electron chi connectivity index (χ2n) is 4.61. The topological polar surface area (TPSA) is 80.0 Å². The summed E-state index contributed by atoms with van der Waals surface area (Å²) in [5.41, 5.74) is 5.76. The van der Waals surface area contributed by atoms with Gasteiger partial charge in [-0.2, -0.15) is 0 Å². The van der Waals surface area contributed by atoms with Crippen LogP contribution in [0.15, 0.2) is 18.3 Å². The molecule has 0 saturated carbocycles. The maximum Gasteiger partial charge on any atom is 0.219 e. The highest BCUT2D eigenvalue weighted by Gasteiger charge is 2.20. The first-order chi connectivity index (χ1) is 7.93. The fraction of sp³-hybridized carbons (Fsp3) is 0.500. The van der Waals surface area contributed by atoms with E-state index in [1.54, 1.807) is 6.20 Å². The molecule has 0 bridgehead atoms. The Hall–Kier alpha value is -1.78. The molecule has 1 heterocycles. The fourth-order valence-corrected chi connectivity index (χ4v) is 1.66. The van der Waals surface area contributed by atoms with Gasteiger partial charge in [0.05, 0.1) is 0 Å². The Balaban J connectivity index is 2.73. The number of nitrogens with one attached hydrogen (secondary N) is 2. The lowest BCUT2D eigenvalue weighted by molar-refractivity contribution is -0.118. The van der Waals surface area contributed by atoms with Crippen LogP contribution in [0.2, 0.25) is 0 Å². The summed E-state index contributed by atoms with van der Waals surface area (Å²) < 4.78 is 0. The molecule has 1 amide bonds. The minimum atomic E-state index is -0.364. The molecule has 17 heavy (non-hydrogen) atoms. The molecule has 5 heteroatoms. The molecule has 0 aliphatic carbocycles. The van der Waals surface area contributed by atoms with Crippen LogP contribution in [0.1, 0.15) is 27.2 Å². The molecule has 5 nitrogen and oxygen atoms in total. The number of amides is 1. The monoisotopic (exact) mass is 236 g/mol. The van der Waals surface area contributed by atoms with Crippen LogP contribution in [0.4, 0.5) is 11.5 Å². The van der Waals surface area contributed by atoms with Crippen LogP contribution in [0, 0.1) is 0 Å². The van der Waals surface area contributed by atoms with Crippen LogP contribution in [0.5, 0.6) is 0 Å². The Bertz CT molecular complexity index is 390. The zero-order valence-corrected chi connectivity index (χ0v) is 10.6. The highest BCUT2D eigenvalue weighted by molar-refractivity contribution is 5.75. The van der Waals surface area contributed by atoms with Gasteiger partial charge in [-0.1, -0.05) is 0 Å². The lowest BCUT2D eigenvalue weighted by Crippen LogP contribution is -2.36. The van der Waals surface area contributed by atoms with E-state index in [9.17, 15) is 4.79 Å². The molecule has 94 valence electrons. The van der Waals surface area contributed by atoms with Crippen LogP contribution in [-0.4, -0.2) is 23.0 Å². The third kappa shape index (κ3) is 4.72. The van der Waals surface area contributed by atoms with Crippen molar-refractivity contribution in [1.29, 1.82) is 0 Å². The standard InChI is InChI=1S/C12H20N4O/c1-4-14-11-7-9(5-6-15-11)16-12(2,3)8-10(13)17/h5-7H,4,8H2,1-3H3,(H2,13,17)(H2,14,15,16). The predicted octanol–water partition coefficient (Wildman–Crippen LogP) is 1.58. The van der Waals surface area contributed by atoms with E-state index < -0.39 is 0 Å². The van der Waals surface area contributed by atoms with Crippen LogP contribution in [0.25, 0.3) is 0 Å². The average molecular weight is 236 g/mol. The molecule has 0 aromatic carbocycles. The molecule has 0 unspecified atom stereocenters. The van der Waals surface area contributed by atoms with Gasteiger partial charge in [0, 0.05) is 36.5 Å². The molecule has 0 spiro atoms. The van der Waals surface area contributed by atoms with E-state index in [1.807, 2.05) is 32.9 Å². The van der Waals surface area contributed by atoms with Crippen molar-refractivity contribution in [1.82, 2.24) is 4.98 Å². The SMILES string of the molecule is CCNc1cc(NC(C)(C)CC(N)=O)ccn1. The number of carbonyl (C=O) groups excluding carboxylic acids is 1. The van der Waals surface area contributed by atoms with Gasteiger partial charge in [0.1, 0.15) is 5.82 Å². The van der Waals surface area contributed by atoms with Gasteiger partial charge >= 0.3 is 0 Å². The van der Waals surface area contributed by atoms with Gasteiger partial charge in [-0.05, 0) is 26.8 Å². The maximum atomic E-state index is 10.9. The van der Waals surface area contributed by atoms with Crippen molar-refractivity contribution in [2.75, 3.05) is 17.2 Å². The Labute approximate surface area is 102 Å². The number of pyridine rings is 1. The van der Waals surface area contributed by atoms with Crippen molar-refractivity contribution in [3.8, 4) is 0 Å². The Kier molecular flexibility index (Phi) is 4.31. The van der Waals surface area contributed by atoms with Crippen molar-refractivity contribution in [2.45, 2.75) is 32.7 Å². The fourth-order valence-electron chi connectivity index (χ4n) is 1.66. The first kappa shape index (κ1) is 13.3. The van der Waals surface area contributed by atoms with E-state index in [1.165, 1.54) is 0 Å². The molecule has 0 aliphatic heterocycles. The van der Waals surface area contributed by atoms with Crippen LogP contribution < -0.4 is 16.4 Å². The smallest absolute Gasteiger partial charge is 0.219 e. The number of carbonyl (C=O) groups is 1. The van der Waals surface area contributed by atoms with Crippen molar-refractivity contribution in [2.24, 2.45) is 5.73 Å². The zero-order valence-electron chi connectivity index (χ0n) is 10.6. The third-order valence-electron chi connectivity index (χ3n) is 2.22. The predicted molar refractivity (Wildman–Crippen MR) is 69.9 cm³/mol. The molecule has 0 fully saturated rings. The van der Waals surface area contributed by atoms with Crippen molar-refractivity contribution in [3.63, 3.8) is 0 Å². The molecule has 1 aromatic heterocycles. The lowest BCUT2D eigenvalue weighted by atomic mass is 10.00. The number of nitrogens with zero attached hydrogens (tertiary/aromatic N) is 1. The molecule has 0 radical (unpaired) electrons. The normalized spacial score (nSPS) is 11.0. The molecular formula is C12H20N4O. The lowest BCUT2D eigenvalue weighted by Gasteiger charge is -2.26. The zero-order chi connectivity index (χ0) is 12.9.